The fourth-order valence-electron chi connectivity index (χ4n) is 2.72. The molecule has 0 atom stereocenters. The highest BCUT2D eigenvalue weighted by molar-refractivity contribution is 5.37. The Morgan fingerprint density at radius 3 is 2.19 bits per heavy atom. The van der Waals surface area contributed by atoms with Crippen LogP contribution in [0.1, 0.15) is 42.9 Å². The van der Waals surface area contributed by atoms with Gasteiger partial charge in [-0.3, -0.25) is 0 Å². The van der Waals surface area contributed by atoms with E-state index in [1.165, 1.54) is 36.0 Å². The number of rotatable bonds is 8. The molecule has 0 N–H and O–H groups in total. The maximum Gasteiger partial charge on any atom is 0.122 e. The number of hydrogen-bond acceptors (Lipinski definition) is 1. The summed E-state index contributed by atoms with van der Waals surface area (Å²) in [5, 5.41) is 0. The van der Waals surface area contributed by atoms with E-state index in [0.717, 1.165) is 25.0 Å². The van der Waals surface area contributed by atoms with E-state index in [1.54, 1.807) is 7.11 Å². The van der Waals surface area contributed by atoms with Gasteiger partial charge in [-0.25, -0.2) is 0 Å². The molecule has 0 saturated heterocycles. The highest BCUT2D eigenvalue weighted by Gasteiger charge is 2.04. The Hall–Kier alpha value is -1.76. The molecule has 21 heavy (non-hydrogen) atoms. The number of aryl methyl sites for hydroxylation is 3. The summed E-state index contributed by atoms with van der Waals surface area (Å²) in [4.78, 5) is 0. The standard InChI is InChI=1S/C20H26O/c1-3-9-19-15-14-18(16-20(19)21-2)13-8-7-12-17-10-5-4-6-11-17/h4-6,10-11,14-16H,3,7-9,12-13H2,1-2H3. The monoisotopic (exact) mass is 282 g/mol. The zero-order valence-electron chi connectivity index (χ0n) is 13.3. The molecule has 2 rings (SSSR count). The average Bonchev–Trinajstić information content (AvgIpc) is 2.54. The maximum absolute atomic E-state index is 5.51. The van der Waals surface area contributed by atoms with Crippen molar-refractivity contribution in [3.05, 3.63) is 65.2 Å². The van der Waals surface area contributed by atoms with Gasteiger partial charge in [-0.1, -0.05) is 55.8 Å². The largest absolute Gasteiger partial charge is 0.496 e. The minimum absolute atomic E-state index is 1.05. The summed E-state index contributed by atoms with van der Waals surface area (Å²) in [6.07, 6.45) is 7.03. The molecule has 1 heteroatoms. The SMILES string of the molecule is CCCc1ccc(CCCCc2ccccc2)cc1OC. The highest BCUT2D eigenvalue weighted by atomic mass is 16.5. The van der Waals surface area contributed by atoms with Gasteiger partial charge in [0.15, 0.2) is 0 Å². The summed E-state index contributed by atoms with van der Waals surface area (Å²) < 4.78 is 5.51. The summed E-state index contributed by atoms with van der Waals surface area (Å²) in [6.45, 7) is 2.21. The van der Waals surface area contributed by atoms with Gasteiger partial charge in [-0.05, 0) is 54.9 Å². The van der Waals surface area contributed by atoms with Gasteiger partial charge in [0.05, 0.1) is 7.11 Å². The second-order valence-electron chi connectivity index (χ2n) is 5.59. The molecule has 2 aromatic carbocycles. The zero-order valence-corrected chi connectivity index (χ0v) is 13.3. The number of hydrogen-bond donors (Lipinski definition) is 0. The van der Waals surface area contributed by atoms with Gasteiger partial charge < -0.3 is 4.74 Å². The third-order valence-corrected chi connectivity index (χ3v) is 3.89. The van der Waals surface area contributed by atoms with Crippen molar-refractivity contribution in [2.24, 2.45) is 0 Å². The number of benzene rings is 2. The lowest BCUT2D eigenvalue weighted by Gasteiger charge is -2.10. The van der Waals surface area contributed by atoms with Crippen LogP contribution in [0.5, 0.6) is 5.75 Å². The third-order valence-electron chi connectivity index (χ3n) is 3.89. The Morgan fingerprint density at radius 2 is 1.52 bits per heavy atom. The molecule has 0 saturated carbocycles. The van der Waals surface area contributed by atoms with Crippen molar-refractivity contribution in [3.8, 4) is 5.75 Å². The summed E-state index contributed by atoms with van der Waals surface area (Å²) in [5.74, 6) is 1.05. The van der Waals surface area contributed by atoms with E-state index in [4.69, 9.17) is 4.74 Å². The summed E-state index contributed by atoms with van der Waals surface area (Å²) in [6, 6.07) is 17.4. The molecule has 2 aromatic rings. The van der Waals surface area contributed by atoms with Crippen LogP contribution in [0.2, 0.25) is 0 Å². The number of methoxy groups -OCH3 is 1. The molecule has 0 unspecified atom stereocenters. The molecular formula is C20H26O. The normalized spacial score (nSPS) is 10.6. The van der Waals surface area contributed by atoms with E-state index in [9.17, 15) is 0 Å². The molecule has 112 valence electrons. The van der Waals surface area contributed by atoms with E-state index in [1.807, 2.05) is 0 Å². The predicted molar refractivity (Wildman–Crippen MR) is 90.1 cm³/mol. The fraction of sp³-hybridized carbons (Fsp3) is 0.400. The van der Waals surface area contributed by atoms with E-state index in [2.05, 4.69) is 55.5 Å². The van der Waals surface area contributed by atoms with Gasteiger partial charge in [-0.2, -0.15) is 0 Å². The molecule has 0 amide bonds. The summed E-state index contributed by atoms with van der Waals surface area (Å²) in [7, 11) is 1.77. The van der Waals surface area contributed by atoms with E-state index in [-0.39, 0.29) is 0 Å². The number of ether oxygens (including phenoxy) is 1. The Bertz CT molecular complexity index is 531. The van der Waals surface area contributed by atoms with Gasteiger partial charge in [0.25, 0.3) is 0 Å². The average molecular weight is 282 g/mol. The van der Waals surface area contributed by atoms with Crippen LogP contribution in [-0.2, 0) is 19.3 Å². The van der Waals surface area contributed by atoms with Crippen LogP contribution in [0.25, 0.3) is 0 Å². The molecular weight excluding hydrogens is 256 g/mol. The second-order valence-corrected chi connectivity index (χ2v) is 5.59. The topological polar surface area (TPSA) is 9.23 Å². The van der Waals surface area contributed by atoms with Crippen molar-refractivity contribution in [1.82, 2.24) is 0 Å². The van der Waals surface area contributed by atoms with Gasteiger partial charge in [0, 0.05) is 0 Å². The Labute approximate surface area is 129 Å². The molecule has 0 aromatic heterocycles. The lowest BCUT2D eigenvalue weighted by atomic mass is 10.0. The van der Waals surface area contributed by atoms with Gasteiger partial charge in [0.2, 0.25) is 0 Å². The minimum Gasteiger partial charge on any atom is -0.496 e. The Kier molecular flexibility index (Phi) is 6.33. The van der Waals surface area contributed by atoms with Crippen LogP contribution in [-0.4, -0.2) is 7.11 Å². The van der Waals surface area contributed by atoms with Gasteiger partial charge >= 0.3 is 0 Å². The van der Waals surface area contributed by atoms with Crippen molar-refractivity contribution in [2.45, 2.75) is 45.4 Å². The maximum atomic E-state index is 5.51. The Morgan fingerprint density at radius 1 is 0.810 bits per heavy atom. The third kappa shape index (κ3) is 4.93. The first kappa shape index (κ1) is 15.6. The molecule has 0 heterocycles. The van der Waals surface area contributed by atoms with Crippen LogP contribution in [0.4, 0.5) is 0 Å². The molecule has 0 radical (unpaired) electrons. The minimum atomic E-state index is 1.05. The van der Waals surface area contributed by atoms with Crippen LogP contribution in [0.15, 0.2) is 48.5 Å². The van der Waals surface area contributed by atoms with Crippen molar-refractivity contribution >= 4 is 0 Å². The predicted octanol–water partition coefficient (Wildman–Crippen LogP) is 5.21. The molecule has 0 fully saturated rings. The van der Waals surface area contributed by atoms with Crippen molar-refractivity contribution in [1.29, 1.82) is 0 Å². The van der Waals surface area contributed by atoms with E-state index < -0.39 is 0 Å². The van der Waals surface area contributed by atoms with Crippen molar-refractivity contribution in [3.63, 3.8) is 0 Å². The lowest BCUT2D eigenvalue weighted by molar-refractivity contribution is 0.408. The quantitative estimate of drug-likeness (QED) is 0.604. The molecule has 0 spiro atoms. The van der Waals surface area contributed by atoms with Crippen LogP contribution in [0.3, 0.4) is 0 Å². The van der Waals surface area contributed by atoms with Crippen molar-refractivity contribution in [2.75, 3.05) is 7.11 Å². The molecule has 0 aliphatic heterocycles. The second kappa shape index (κ2) is 8.51. The van der Waals surface area contributed by atoms with E-state index >= 15 is 0 Å². The van der Waals surface area contributed by atoms with Crippen LogP contribution >= 0.6 is 0 Å². The molecule has 0 bridgehead atoms. The first-order valence-corrected chi connectivity index (χ1v) is 8.03. The number of unbranched alkanes of at least 4 members (excludes halogenated alkanes) is 1. The summed E-state index contributed by atoms with van der Waals surface area (Å²) in [5.41, 5.74) is 4.15. The smallest absolute Gasteiger partial charge is 0.122 e. The first-order chi connectivity index (χ1) is 10.3. The molecule has 0 aliphatic rings. The summed E-state index contributed by atoms with van der Waals surface area (Å²) >= 11 is 0. The van der Waals surface area contributed by atoms with Crippen LogP contribution in [0, 0.1) is 0 Å². The fourth-order valence-corrected chi connectivity index (χ4v) is 2.72. The van der Waals surface area contributed by atoms with Crippen molar-refractivity contribution < 1.29 is 4.74 Å². The highest BCUT2D eigenvalue weighted by Crippen LogP contribution is 2.22. The first-order valence-electron chi connectivity index (χ1n) is 8.03. The lowest BCUT2D eigenvalue weighted by Crippen LogP contribution is -1.95. The van der Waals surface area contributed by atoms with Gasteiger partial charge in [-0.15, -0.1) is 0 Å². The Balaban J connectivity index is 1.83. The van der Waals surface area contributed by atoms with E-state index in [0.29, 0.717) is 0 Å². The molecule has 0 aliphatic carbocycles. The van der Waals surface area contributed by atoms with Gasteiger partial charge in [0.1, 0.15) is 5.75 Å². The van der Waals surface area contributed by atoms with Crippen LogP contribution < -0.4 is 4.74 Å². The zero-order chi connectivity index (χ0) is 14.9. The molecule has 1 nitrogen and oxygen atoms in total.